The summed E-state index contributed by atoms with van der Waals surface area (Å²) in [5.74, 6) is 1.08. The van der Waals surface area contributed by atoms with Gasteiger partial charge in [0.1, 0.15) is 36.8 Å². The lowest BCUT2D eigenvalue weighted by atomic mass is 10.3. The fraction of sp³-hybridized carbons (Fsp3) is 0. The molecule has 0 unspecified atom stereocenters. The van der Waals surface area contributed by atoms with Gasteiger partial charge in [-0.25, -0.2) is 29.9 Å². The van der Waals surface area contributed by atoms with Crippen LogP contribution in [0.1, 0.15) is 0 Å². The number of rotatable bonds is 1. The summed E-state index contributed by atoms with van der Waals surface area (Å²) < 4.78 is 0. The Morgan fingerprint density at radius 1 is 0.650 bits per heavy atom. The van der Waals surface area contributed by atoms with E-state index in [-0.39, 0.29) is 11.5 Å². The summed E-state index contributed by atoms with van der Waals surface area (Å²) in [5.41, 5.74) is 0. The summed E-state index contributed by atoms with van der Waals surface area (Å²) in [6.07, 6.45) is 5.58. The monoisotopic (exact) mass is 270 g/mol. The minimum absolute atomic E-state index is 0.0880. The van der Waals surface area contributed by atoms with Gasteiger partial charge in [0.15, 0.2) is 0 Å². The van der Waals surface area contributed by atoms with Crippen LogP contribution >= 0.6 is 0 Å². The summed E-state index contributed by atoms with van der Waals surface area (Å²) in [6, 6.07) is 5.85. The Hall–Kier alpha value is -3.16. The van der Waals surface area contributed by atoms with E-state index in [0.717, 1.165) is 0 Å². The molecule has 3 rings (SSSR count). The van der Waals surface area contributed by atoms with E-state index in [2.05, 4.69) is 29.9 Å². The van der Waals surface area contributed by atoms with Gasteiger partial charge in [-0.2, -0.15) is 0 Å². The van der Waals surface area contributed by atoms with Gasteiger partial charge >= 0.3 is 0 Å². The van der Waals surface area contributed by atoms with Gasteiger partial charge in [0.2, 0.25) is 11.6 Å². The van der Waals surface area contributed by atoms with Crippen LogP contribution in [0.2, 0.25) is 0 Å². The lowest BCUT2D eigenvalue weighted by Crippen LogP contribution is -1.94. The number of benzene rings is 1. The van der Waals surface area contributed by atoms with Crippen LogP contribution < -0.4 is 0 Å². The zero-order chi connectivity index (χ0) is 14.2. The first-order valence-corrected chi connectivity index (χ1v) is 5.48. The molecule has 0 aliphatic carbocycles. The van der Waals surface area contributed by atoms with Crippen LogP contribution in [0.5, 0.6) is 11.5 Å². The van der Waals surface area contributed by atoms with Crippen LogP contribution in [0.15, 0.2) is 49.6 Å². The lowest BCUT2D eigenvalue weighted by Gasteiger charge is -1.92. The van der Waals surface area contributed by atoms with Crippen molar-refractivity contribution in [1.29, 1.82) is 0 Å². The van der Waals surface area contributed by atoms with E-state index in [0.29, 0.717) is 11.6 Å². The van der Waals surface area contributed by atoms with Gasteiger partial charge in [-0.3, -0.25) is 0 Å². The van der Waals surface area contributed by atoms with Crippen LogP contribution in [-0.4, -0.2) is 40.1 Å². The first-order chi connectivity index (χ1) is 9.75. The maximum absolute atomic E-state index is 8.65. The summed E-state index contributed by atoms with van der Waals surface area (Å²) >= 11 is 0. The van der Waals surface area contributed by atoms with Crippen molar-refractivity contribution in [2.45, 2.75) is 0 Å². The Kier molecular flexibility index (Phi) is 4.44. The molecule has 0 aliphatic heterocycles. The van der Waals surface area contributed by atoms with Gasteiger partial charge in [0.05, 0.1) is 0 Å². The Bertz CT molecular complexity index is 596. The maximum Gasteiger partial charge on any atom is 0.200 e. The fourth-order valence-electron chi connectivity index (χ4n) is 1.20. The standard InChI is InChI=1S/C6H4N6.C6H6O2/c1-7-2-10-5(9-1)6-11-3-8-4-12-6;7-5-2-1-3-6(8)4-5/h1-4H;1-4,7-8H. The molecule has 2 N–H and O–H groups in total. The molecule has 0 radical (unpaired) electrons. The first-order valence-electron chi connectivity index (χ1n) is 5.48. The Morgan fingerprint density at radius 2 is 1.05 bits per heavy atom. The lowest BCUT2D eigenvalue weighted by molar-refractivity contribution is 0.450. The third kappa shape index (κ3) is 3.95. The van der Waals surface area contributed by atoms with Crippen LogP contribution in [0, 0.1) is 0 Å². The number of aromatic nitrogens is 6. The van der Waals surface area contributed by atoms with Crippen molar-refractivity contribution in [2.24, 2.45) is 0 Å². The van der Waals surface area contributed by atoms with Gasteiger partial charge in [0.25, 0.3) is 0 Å². The average molecular weight is 270 g/mol. The minimum Gasteiger partial charge on any atom is -0.508 e. The summed E-state index contributed by atoms with van der Waals surface area (Å²) in [4.78, 5) is 22.9. The molecule has 1 aromatic carbocycles. The van der Waals surface area contributed by atoms with Crippen molar-refractivity contribution in [3.05, 3.63) is 49.6 Å². The Labute approximate surface area is 113 Å². The van der Waals surface area contributed by atoms with E-state index in [1.807, 2.05) is 0 Å². The van der Waals surface area contributed by atoms with Gasteiger partial charge in [0, 0.05) is 6.07 Å². The fourth-order valence-corrected chi connectivity index (χ4v) is 1.20. The molecule has 3 aromatic rings. The number of hydrogen-bond donors (Lipinski definition) is 2. The largest absolute Gasteiger partial charge is 0.508 e. The highest BCUT2D eigenvalue weighted by Gasteiger charge is 2.00. The molecule has 8 heteroatoms. The number of aromatic hydroxyl groups is 2. The van der Waals surface area contributed by atoms with Gasteiger partial charge in [-0.1, -0.05) is 6.07 Å². The number of phenols is 2. The summed E-state index contributed by atoms with van der Waals surface area (Å²) in [5, 5.41) is 17.3. The predicted octanol–water partition coefficient (Wildman–Crippen LogP) is 0.821. The molecule has 20 heavy (non-hydrogen) atoms. The van der Waals surface area contributed by atoms with Crippen molar-refractivity contribution < 1.29 is 10.2 Å². The highest BCUT2D eigenvalue weighted by molar-refractivity contribution is 5.39. The van der Waals surface area contributed by atoms with Crippen LogP contribution in [0.25, 0.3) is 11.6 Å². The predicted molar refractivity (Wildman–Crippen MR) is 68.4 cm³/mol. The third-order valence-electron chi connectivity index (χ3n) is 2.02. The van der Waals surface area contributed by atoms with Crippen molar-refractivity contribution in [3.63, 3.8) is 0 Å². The molecular weight excluding hydrogens is 260 g/mol. The molecular formula is C12H10N6O2. The number of hydrogen-bond acceptors (Lipinski definition) is 8. The van der Waals surface area contributed by atoms with Crippen LogP contribution in [0.3, 0.4) is 0 Å². The summed E-state index contributed by atoms with van der Waals surface area (Å²) in [6.45, 7) is 0. The number of phenolic OH excluding ortho intramolecular Hbond substituents is 2. The second-order valence-corrected chi connectivity index (χ2v) is 3.44. The van der Waals surface area contributed by atoms with E-state index in [4.69, 9.17) is 10.2 Å². The van der Waals surface area contributed by atoms with Crippen molar-refractivity contribution in [1.82, 2.24) is 29.9 Å². The topological polar surface area (TPSA) is 118 Å². The van der Waals surface area contributed by atoms with E-state index in [1.165, 1.54) is 43.5 Å². The van der Waals surface area contributed by atoms with Crippen molar-refractivity contribution in [3.8, 4) is 23.1 Å². The van der Waals surface area contributed by atoms with Gasteiger partial charge < -0.3 is 10.2 Å². The number of nitrogens with zero attached hydrogens (tertiary/aromatic N) is 6. The smallest absolute Gasteiger partial charge is 0.200 e. The van der Waals surface area contributed by atoms with Crippen molar-refractivity contribution in [2.75, 3.05) is 0 Å². The molecule has 0 spiro atoms. The SMILES string of the molecule is Oc1cccc(O)c1.c1ncnc(-c2ncncn2)n1. The molecule has 0 aliphatic rings. The highest BCUT2D eigenvalue weighted by atomic mass is 16.3. The van der Waals surface area contributed by atoms with E-state index in [9.17, 15) is 0 Å². The molecule has 2 heterocycles. The average Bonchev–Trinajstić information content (AvgIpc) is 2.49. The zero-order valence-electron chi connectivity index (χ0n) is 10.2. The quantitative estimate of drug-likeness (QED) is 0.667. The normalized spacial score (nSPS) is 9.40. The molecule has 0 saturated carbocycles. The maximum atomic E-state index is 8.65. The Balaban J connectivity index is 0.000000160. The molecule has 2 aromatic heterocycles. The molecule has 0 bridgehead atoms. The molecule has 0 atom stereocenters. The zero-order valence-corrected chi connectivity index (χ0v) is 10.2. The molecule has 0 saturated heterocycles. The van der Waals surface area contributed by atoms with Crippen LogP contribution in [-0.2, 0) is 0 Å². The van der Waals surface area contributed by atoms with Crippen molar-refractivity contribution >= 4 is 0 Å². The second kappa shape index (κ2) is 6.69. The molecule has 8 nitrogen and oxygen atoms in total. The van der Waals surface area contributed by atoms with Crippen LogP contribution in [0.4, 0.5) is 0 Å². The first kappa shape index (κ1) is 13.3. The summed E-state index contributed by atoms with van der Waals surface area (Å²) in [7, 11) is 0. The second-order valence-electron chi connectivity index (χ2n) is 3.44. The van der Waals surface area contributed by atoms with E-state index < -0.39 is 0 Å². The minimum atomic E-state index is 0.0880. The highest BCUT2D eigenvalue weighted by Crippen LogP contribution is 2.14. The van der Waals surface area contributed by atoms with Gasteiger partial charge in [-0.05, 0) is 12.1 Å². The third-order valence-corrected chi connectivity index (χ3v) is 2.02. The molecule has 0 amide bonds. The molecule has 100 valence electrons. The van der Waals surface area contributed by atoms with E-state index >= 15 is 0 Å². The van der Waals surface area contributed by atoms with Gasteiger partial charge in [-0.15, -0.1) is 0 Å². The Morgan fingerprint density at radius 3 is 1.35 bits per heavy atom. The van der Waals surface area contributed by atoms with E-state index in [1.54, 1.807) is 6.07 Å². The molecule has 0 fully saturated rings.